The number of hydrogen-bond acceptors (Lipinski definition) is 6. The van der Waals surface area contributed by atoms with Gasteiger partial charge in [-0.05, 0) is 38.0 Å². The molecule has 4 rings (SSSR count). The lowest BCUT2D eigenvalue weighted by atomic mass is 10.1. The average molecular weight is 486 g/mol. The monoisotopic (exact) mass is 485 g/mol. The quantitative estimate of drug-likeness (QED) is 0.540. The van der Waals surface area contributed by atoms with E-state index < -0.39 is 21.3 Å². The van der Waals surface area contributed by atoms with Crippen molar-refractivity contribution >= 4 is 27.0 Å². The van der Waals surface area contributed by atoms with Crippen LogP contribution in [0.15, 0.2) is 38.9 Å². The van der Waals surface area contributed by atoms with Crippen molar-refractivity contribution in [3.05, 3.63) is 67.5 Å². The maximum absolute atomic E-state index is 13.3. The first-order valence-electron chi connectivity index (χ1n) is 10.9. The predicted octanol–water partition coefficient (Wildman–Crippen LogP) is 0.704. The van der Waals surface area contributed by atoms with Crippen LogP contribution in [0.5, 0.6) is 0 Å². The van der Waals surface area contributed by atoms with Crippen LogP contribution in [0.4, 0.5) is 0 Å². The summed E-state index contributed by atoms with van der Waals surface area (Å²) in [6.45, 7) is 6.27. The molecule has 1 aliphatic heterocycles. The number of benzene rings is 1. The van der Waals surface area contributed by atoms with Crippen molar-refractivity contribution in [3.63, 3.8) is 0 Å². The minimum atomic E-state index is -3.70. The highest BCUT2D eigenvalue weighted by molar-refractivity contribution is 7.89. The Morgan fingerprint density at radius 2 is 1.50 bits per heavy atom. The van der Waals surface area contributed by atoms with Crippen molar-refractivity contribution in [3.8, 4) is 0 Å². The molecule has 2 aromatic heterocycles. The van der Waals surface area contributed by atoms with Crippen LogP contribution in [0.3, 0.4) is 0 Å². The van der Waals surface area contributed by atoms with Crippen LogP contribution in [0.1, 0.15) is 27.0 Å². The summed E-state index contributed by atoms with van der Waals surface area (Å²) in [6, 6.07) is 5.15. The highest BCUT2D eigenvalue weighted by Gasteiger charge is 2.32. The largest absolute Gasteiger partial charge is 0.336 e. The maximum atomic E-state index is 13.3. The average Bonchev–Trinajstić information content (AvgIpc) is 2.79. The van der Waals surface area contributed by atoms with Gasteiger partial charge in [0, 0.05) is 46.5 Å². The molecule has 0 atom stereocenters. The van der Waals surface area contributed by atoms with E-state index in [0.29, 0.717) is 16.0 Å². The molecule has 1 aliphatic rings. The molecule has 0 N–H and O–H groups in total. The van der Waals surface area contributed by atoms with Gasteiger partial charge in [-0.25, -0.2) is 18.2 Å². The zero-order valence-corrected chi connectivity index (χ0v) is 20.6. The van der Waals surface area contributed by atoms with Gasteiger partial charge in [0.05, 0.1) is 15.8 Å². The minimum Gasteiger partial charge on any atom is -0.336 e. The molecule has 1 aromatic carbocycles. The molecule has 0 unspecified atom stereocenters. The summed E-state index contributed by atoms with van der Waals surface area (Å²) in [5.41, 5.74) is 1.79. The number of aryl methyl sites for hydroxylation is 4. The van der Waals surface area contributed by atoms with Crippen LogP contribution < -0.4 is 11.2 Å². The first kappa shape index (κ1) is 23.8. The highest BCUT2D eigenvalue weighted by atomic mass is 32.2. The second-order valence-electron chi connectivity index (χ2n) is 8.73. The fourth-order valence-electron chi connectivity index (χ4n) is 4.60. The van der Waals surface area contributed by atoms with Gasteiger partial charge in [0.25, 0.3) is 11.5 Å². The van der Waals surface area contributed by atoms with Crippen molar-refractivity contribution < 1.29 is 13.2 Å². The Morgan fingerprint density at radius 1 is 0.912 bits per heavy atom. The Labute approximate surface area is 197 Å². The van der Waals surface area contributed by atoms with E-state index in [0.717, 1.165) is 10.1 Å². The number of nitrogens with zero attached hydrogens (tertiary/aromatic N) is 5. The zero-order valence-electron chi connectivity index (χ0n) is 19.8. The molecule has 1 amide bonds. The number of carbonyl (C=O) groups excluding carboxylic acids is 1. The molecule has 3 heterocycles. The number of amides is 1. The molecule has 0 aliphatic carbocycles. The Bertz CT molecular complexity index is 1520. The van der Waals surface area contributed by atoms with Crippen molar-refractivity contribution in [2.75, 3.05) is 26.2 Å². The third-order valence-corrected chi connectivity index (χ3v) is 8.47. The molecule has 0 bridgehead atoms. The molecule has 1 saturated heterocycles. The van der Waals surface area contributed by atoms with E-state index in [-0.39, 0.29) is 48.7 Å². The molecule has 34 heavy (non-hydrogen) atoms. The Kier molecular flexibility index (Phi) is 5.94. The van der Waals surface area contributed by atoms with E-state index in [1.807, 2.05) is 19.1 Å². The van der Waals surface area contributed by atoms with Gasteiger partial charge in [-0.1, -0.05) is 17.7 Å². The third-order valence-electron chi connectivity index (χ3n) is 6.27. The van der Waals surface area contributed by atoms with Crippen LogP contribution >= 0.6 is 0 Å². The van der Waals surface area contributed by atoms with Crippen LogP contribution in [0.25, 0.3) is 11.0 Å². The number of carbonyl (C=O) groups is 1. The smallest absolute Gasteiger partial charge is 0.332 e. The van der Waals surface area contributed by atoms with Gasteiger partial charge in [-0.2, -0.15) is 4.31 Å². The normalized spacial score (nSPS) is 15.1. The van der Waals surface area contributed by atoms with Gasteiger partial charge in [-0.3, -0.25) is 18.7 Å². The number of sulfonamides is 1. The molecule has 3 aromatic rings. The van der Waals surface area contributed by atoms with Crippen LogP contribution in [0, 0.1) is 20.8 Å². The number of pyridine rings is 1. The van der Waals surface area contributed by atoms with E-state index >= 15 is 0 Å². The molecule has 0 spiro atoms. The van der Waals surface area contributed by atoms with Crippen molar-refractivity contribution in [2.24, 2.45) is 14.1 Å². The predicted molar refractivity (Wildman–Crippen MR) is 128 cm³/mol. The molecule has 10 nitrogen and oxygen atoms in total. The summed E-state index contributed by atoms with van der Waals surface area (Å²) in [5.74, 6) is -0.343. The fraction of sp³-hybridized carbons (Fsp3) is 0.391. The van der Waals surface area contributed by atoms with Gasteiger partial charge in [-0.15, -0.1) is 0 Å². The summed E-state index contributed by atoms with van der Waals surface area (Å²) in [5, 5.41) is 0.169. The molecule has 11 heteroatoms. The van der Waals surface area contributed by atoms with Crippen molar-refractivity contribution in [1.29, 1.82) is 0 Å². The molecular formula is C23H27N5O5S. The number of rotatable bonds is 3. The number of piperazine rings is 1. The van der Waals surface area contributed by atoms with E-state index in [1.54, 1.807) is 18.7 Å². The van der Waals surface area contributed by atoms with Gasteiger partial charge < -0.3 is 4.90 Å². The van der Waals surface area contributed by atoms with Gasteiger partial charge in [0.15, 0.2) is 0 Å². The Hall–Kier alpha value is -3.31. The fourth-order valence-corrected chi connectivity index (χ4v) is 6.43. The van der Waals surface area contributed by atoms with Crippen LogP contribution in [-0.2, 0) is 24.1 Å². The van der Waals surface area contributed by atoms with Crippen LogP contribution in [-0.4, -0.2) is 63.8 Å². The van der Waals surface area contributed by atoms with E-state index in [1.165, 1.54) is 35.2 Å². The summed E-state index contributed by atoms with van der Waals surface area (Å²) >= 11 is 0. The minimum absolute atomic E-state index is 0.165. The number of fused-ring (bicyclic) bond motifs is 1. The standard InChI is InChI=1S/C23H27N5O5S/c1-14-10-15(2)19(16(3)11-14)34(32,33)28-8-6-27(7-9-28)21(29)17-12-18-20(24-13-17)25(4)23(31)26(5)22(18)30/h10-13H,6-9H2,1-5H3. The maximum Gasteiger partial charge on any atom is 0.332 e. The Balaban J connectivity index is 1.57. The summed E-state index contributed by atoms with van der Waals surface area (Å²) in [7, 11) is -0.815. The highest BCUT2D eigenvalue weighted by Crippen LogP contribution is 2.26. The molecule has 1 fully saturated rings. The molecular weight excluding hydrogens is 458 g/mol. The summed E-state index contributed by atoms with van der Waals surface area (Å²) < 4.78 is 30.3. The van der Waals surface area contributed by atoms with E-state index in [9.17, 15) is 22.8 Å². The molecule has 0 saturated carbocycles. The lowest BCUT2D eigenvalue weighted by Gasteiger charge is -2.34. The topological polar surface area (TPSA) is 115 Å². The number of aromatic nitrogens is 3. The molecule has 0 radical (unpaired) electrons. The van der Waals surface area contributed by atoms with Gasteiger partial charge in [0.2, 0.25) is 10.0 Å². The molecule has 180 valence electrons. The van der Waals surface area contributed by atoms with Crippen molar-refractivity contribution in [1.82, 2.24) is 23.3 Å². The summed E-state index contributed by atoms with van der Waals surface area (Å²) in [6.07, 6.45) is 1.34. The first-order chi connectivity index (χ1) is 15.9. The lowest BCUT2D eigenvalue weighted by molar-refractivity contribution is 0.0697. The lowest BCUT2D eigenvalue weighted by Crippen LogP contribution is -2.50. The van der Waals surface area contributed by atoms with E-state index in [2.05, 4.69) is 4.98 Å². The van der Waals surface area contributed by atoms with Gasteiger partial charge in [0.1, 0.15) is 5.65 Å². The van der Waals surface area contributed by atoms with Crippen LogP contribution in [0.2, 0.25) is 0 Å². The summed E-state index contributed by atoms with van der Waals surface area (Å²) in [4.78, 5) is 43.8. The van der Waals surface area contributed by atoms with Gasteiger partial charge >= 0.3 is 5.69 Å². The second kappa shape index (κ2) is 8.48. The number of hydrogen-bond donors (Lipinski definition) is 0. The van der Waals surface area contributed by atoms with E-state index in [4.69, 9.17) is 0 Å². The SMILES string of the molecule is Cc1cc(C)c(S(=O)(=O)N2CCN(C(=O)c3cnc4c(c3)c(=O)n(C)c(=O)n4C)CC2)c(C)c1. The second-order valence-corrected chi connectivity index (χ2v) is 10.6. The zero-order chi connectivity index (χ0) is 24.9. The third kappa shape index (κ3) is 3.84. The Morgan fingerprint density at radius 3 is 2.09 bits per heavy atom. The first-order valence-corrected chi connectivity index (χ1v) is 12.3. The van der Waals surface area contributed by atoms with Crippen molar-refractivity contribution in [2.45, 2.75) is 25.7 Å².